The molecule has 0 spiro atoms. The van der Waals surface area contributed by atoms with Gasteiger partial charge in [0, 0.05) is 35.4 Å². The van der Waals surface area contributed by atoms with Gasteiger partial charge in [-0.25, -0.2) is 14.4 Å². The van der Waals surface area contributed by atoms with Crippen molar-refractivity contribution >= 4 is 33.5 Å². The number of anilines is 1. The Morgan fingerprint density at radius 2 is 1.74 bits per heavy atom. The van der Waals surface area contributed by atoms with E-state index in [1.807, 2.05) is 76.8 Å². The van der Waals surface area contributed by atoms with Gasteiger partial charge in [-0.05, 0) is 49.4 Å². The zero-order chi connectivity index (χ0) is 23.2. The van der Waals surface area contributed by atoms with Crippen LogP contribution < -0.4 is 5.32 Å². The molecule has 1 amide bonds. The van der Waals surface area contributed by atoms with Gasteiger partial charge in [-0.3, -0.25) is 9.20 Å². The van der Waals surface area contributed by atoms with Crippen molar-refractivity contribution in [1.82, 2.24) is 18.8 Å². The molecule has 0 aliphatic heterocycles. The van der Waals surface area contributed by atoms with E-state index < -0.39 is 0 Å². The Labute approximate surface area is 198 Å². The van der Waals surface area contributed by atoms with Crippen LogP contribution in [-0.4, -0.2) is 24.7 Å². The SMILES string of the molecule is Cc1c(C(=O)Nc2ccccc2-c2cn3ccccc3n2)sc2nc(-c3ccc(F)cc3)cn12. The predicted octanol–water partition coefficient (Wildman–Crippen LogP) is 6.08. The summed E-state index contributed by atoms with van der Waals surface area (Å²) in [5.74, 6) is -0.489. The maximum atomic E-state index is 13.2. The van der Waals surface area contributed by atoms with E-state index in [1.165, 1.54) is 23.5 Å². The number of fused-ring (bicyclic) bond motifs is 2. The van der Waals surface area contributed by atoms with E-state index in [4.69, 9.17) is 0 Å². The first-order chi connectivity index (χ1) is 16.6. The molecule has 1 N–H and O–H groups in total. The number of hydrogen-bond acceptors (Lipinski definition) is 4. The monoisotopic (exact) mass is 467 g/mol. The second-order valence-corrected chi connectivity index (χ2v) is 8.87. The van der Waals surface area contributed by atoms with Crippen molar-refractivity contribution in [3.63, 3.8) is 0 Å². The molecule has 4 heterocycles. The van der Waals surface area contributed by atoms with Crippen LogP contribution in [0.5, 0.6) is 0 Å². The molecule has 0 bridgehead atoms. The summed E-state index contributed by atoms with van der Waals surface area (Å²) in [6.07, 6.45) is 5.76. The summed E-state index contributed by atoms with van der Waals surface area (Å²) in [6.45, 7) is 1.89. The number of carbonyl (C=O) groups is 1. The molecule has 0 aliphatic carbocycles. The minimum atomic E-state index is -0.288. The van der Waals surface area contributed by atoms with Crippen molar-refractivity contribution in [2.24, 2.45) is 0 Å². The lowest BCUT2D eigenvalue weighted by atomic mass is 10.1. The molecule has 0 aliphatic rings. The van der Waals surface area contributed by atoms with Gasteiger partial charge in [0.1, 0.15) is 16.3 Å². The summed E-state index contributed by atoms with van der Waals surface area (Å²) in [7, 11) is 0. The highest BCUT2D eigenvalue weighted by atomic mass is 32.1. The van der Waals surface area contributed by atoms with Crippen LogP contribution in [0.2, 0.25) is 0 Å². The van der Waals surface area contributed by atoms with Gasteiger partial charge in [-0.1, -0.05) is 35.6 Å². The maximum Gasteiger partial charge on any atom is 0.267 e. The van der Waals surface area contributed by atoms with E-state index in [-0.39, 0.29) is 11.7 Å². The number of aryl methyl sites for hydroxylation is 1. The number of aromatic nitrogens is 4. The third-order valence-corrected chi connectivity index (χ3v) is 6.87. The Balaban J connectivity index is 1.32. The van der Waals surface area contributed by atoms with Gasteiger partial charge in [-0.2, -0.15) is 0 Å². The van der Waals surface area contributed by atoms with Crippen molar-refractivity contribution in [2.75, 3.05) is 5.32 Å². The number of thiazole rings is 1. The molecular formula is C26H18FN5OS. The van der Waals surface area contributed by atoms with E-state index in [0.29, 0.717) is 15.5 Å². The number of benzene rings is 2. The van der Waals surface area contributed by atoms with Crippen molar-refractivity contribution in [3.05, 3.63) is 102 Å². The van der Waals surface area contributed by atoms with Gasteiger partial charge in [0.05, 0.1) is 17.1 Å². The van der Waals surface area contributed by atoms with Crippen LogP contribution in [0.1, 0.15) is 15.4 Å². The van der Waals surface area contributed by atoms with E-state index in [1.54, 1.807) is 12.1 Å². The summed E-state index contributed by atoms with van der Waals surface area (Å²) in [5.41, 5.74) is 5.51. The number of nitrogens with zero attached hydrogens (tertiary/aromatic N) is 4. The first-order valence-corrected chi connectivity index (χ1v) is 11.5. The Morgan fingerprint density at radius 1 is 0.941 bits per heavy atom. The number of nitrogens with one attached hydrogen (secondary N) is 1. The zero-order valence-electron chi connectivity index (χ0n) is 18.1. The zero-order valence-corrected chi connectivity index (χ0v) is 18.9. The van der Waals surface area contributed by atoms with Crippen molar-refractivity contribution in [1.29, 1.82) is 0 Å². The highest BCUT2D eigenvalue weighted by molar-refractivity contribution is 7.19. The molecule has 6 aromatic rings. The Kier molecular flexibility index (Phi) is 4.74. The molecule has 0 radical (unpaired) electrons. The number of imidazole rings is 2. The number of carbonyl (C=O) groups excluding carboxylic acids is 1. The lowest BCUT2D eigenvalue weighted by Gasteiger charge is -2.09. The van der Waals surface area contributed by atoms with Crippen LogP contribution in [0.25, 0.3) is 33.1 Å². The maximum absolute atomic E-state index is 13.2. The molecule has 0 fully saturated rings. The van der Waals surface area contributed by atoms with E-state index in [0.717, 1.165) is 33.9 Å². The van der Waals surface area contributed by atoms with Crippen LogP contribution in [-0.2, 0) is 0 Å². The molecule has 0 saturated carbocycles. The lowest BCUT2D eigenvalue weighted by Crippen LogP contribution is -2.12. The molecule has 0 saturated heterocycles. The predicted molar refractivity (Wildman–Crippen MR) is 132 cm³/mol. The van der Waals surface area contributed by atoms with Crippen LogP contribution in [0.3, 0.4) is 0 Å². The topological polar surface area (TPSA) is 63.7 Å². The molecule has 0 unspecified atom stereocenters. The van der Waals surface area contributed by atoms with Crippen LogP contribution in [0, 0.1) is 12.7 Å². The molecule has 8 heteroatoms. The second-order valence-electron chi connectivity index (χ2n) is 7.89. The number of hydrogen-bond donors (Lipinski definition) is 1. The summed E-state index contributed by atoms with van der Waals surface area (Å²) in [6, 6.07) is 19.7. The van der Waals surface area contributed by atoms with E-state index in [2.05, 4.69) is 15.3 Å². The van der Waals surface area contributed by atoms with E-state index in [9.17, 15) is 9.18 Å². The smallest absolute Gasteiger partial charge is 0.267 e. The number of amides is 1. The Hall–Kier alpha value is -4.30. The fourth-order valence-corrected chi connectivity index (χ4v) is 4.98. The third-order valence-electron chi connectivity index (χ3n) is 5.72. The van der Waals surface area contributed by atoms with Crippen LogP contribution >= 0.6 is 11.3 Å². The van der Waals surface area contributed by atoms with Crippen molar-refractivity contribution < 1.29 is 9.18 Å². The normalized spacial score (nSPS) is 11.4. The minimum Gasteiger partial charge on any atom is -0.321 e. The number of rotatable bonds is 4. The number of halogens is 1. The minimum absolute atomic E-state index is 0.201. The first kappa shape index (κ1) is 20.3. The quantitative estimate of drug-likeness (QED) is 0.342. The highest BCUT2D eigenvalue weighted by Crippen LogP contribution is 2.31. The summed E-state index contributed by atoms with van der Waals surface area (Å²) in [5, 5.41) is 3.05. The van der Waals surface area contributed by atoms with Gasteiger partial charge in [0.15, 0.2) is 4.96 Å². The number of para-hydroxylation sites is 1. The van der Waals surface area contributed by atoms with Gasteiger partial charge in [0.25, 0.3) is 5.91 Å². The van der Waals surface area contributed by atoms with Crippen molar-refractivity contribution in [3.8, 4) is 22.5 Å². The Bertz CT molecular complexity index is 1650. The van der Waals surface area contributed by atoms with Crippen molar-refractivity contribution in [2.45, 2.75) is 6.92 Å². The summed E-state index contributed by atoms with van der Waals surface area (Å²) >= 11 is 1.32. The Morgan fingerprint density at radius 3 is 2.53 bits per heavy atom. The molecule has 6 nitrogen and oxygen atoms in total. The summed E-state index contributed by atoms with van der Waals surface area (Å²) < 4.78 is 17.1. The molecule has 0 atom stereocenters. The molecule has 4 aromatic heterocycles. The number of pyridine rings is 1. The molecule has 34 heavy (non-hydrogen) atoms. The first-order valence-electron chi connectivity index (χ1n) is 10.7. The van der Waals surface area contributed by atoms with Gasteiger partial charge in [0.2, 0.25) is 0 Å². The van der Waals surface area contributed by atoms with Crippen LogP contribution in [0.15, 0.2) is 85.3 Å². The lowest BCUT2D eigenvalue weighted by molar-refractivity contribution is 0.102. The molecule has 6 rings (SSSR count). The van der Waals surface area contributed by atoms with Gasteiger partial charge < -0.3 is 9.72 Å². The standard InChI is InChI=1S/C26H18FN5OS/c1-16-24(34-26-30-21(15-32(16)26)17-9-11-18(27)12-10-17)25(33)29-20-7-3-2-6-19(20)22-14-31-13-5-4-8-23(31)28-22/h2-15H,1H3,(H,29,33). The van der Waals surface area contributed by atoms with Gasteiger partial charge in [-0.15, -0.1) is 0 Å². The second kappa shape index (κ2) is 7.93. The van der Waals surface area contributed by atoms with Gasteiger partial charge >= 0.3 is 0 Å². The largest absolute Gasteiger partial charge is 0.321 e. The molecule has 2 aromatic carbocycles. The van der Waals surface area contributed by atoms with E-state index >= 15 is 0 Å². The third kappa shape index (κ3) is 3.45. The fourth-order valence-electron chi connectivity index (χ4n) is 3.98. The fraction of sp³-hybridized carbons (Fsp3) is 0.0385. The molecular weight excluding hydrogens is 449 g/mol. The average molecular weight is 468 g/mol. The highest BCUT2D eigenvalue weighted by Gasteiger charge is 2.20. The average Bonchev–Trinajstić information content (AvgIpc) is 3.54. The molecule has 166 valence electrons. The van der Waals surface area contributed by atoms with Crippen LogP contribution in [0.4, 0.5) is 10.1 Å². The summed E-state index contributed by atoms with van der Waals surface area (Å²) in [4.78, 5) is 23.9.